The number of carbonyl (C=O) groups excluding carboxylic acids is 1. The Hall–Kier alpha value is -0.530. The van der Waals surface area contributed by atoms with Crippen molar-refractivity contribution in [2.24, 2.45) is 0 Å². The van der Waals surface area contributed by atoms with Gasteiger partial charge in [-0.05, 0) is 25.7 Å². The number of amides is 1. The van der Waals surface area contributed by atoms with Gasteiger partial charge in [0, 0.05) is 18.5 Å². The molecule has 1 amide bonds. The molecule has 0 aromatic heterocycles. The van der Waals surface area contributed by atoms with Crippen molar-refractivity contribution in [3.63, 3.8) is 0 Å². The van der Waals surface area contributed by atoms with Crippen LogP contribution in [0.1, 0.15) is 39.0 Å². The maximum Gasteiger partial charge on any atom is 0.222 e. The number of likely N-dealkylation sites (tertiary alicyclic amines) is 1. The van der Waals surface area contributed by atoms with Crippen molar-refractivity contribution < 1.29 is 4.79 Å². The third-order valence-corrected chi connectivity index (χ3v) is 3.26. The van der Waals surface area contributed by atoms with Crippen LogP contribution in [0.4, 0.5) is 0 Å². The van der Waals surface area contributed by atoms with Crippen molar-refractivity contribution in [1.82, 2.24) is 4.90 Å². The molecule has 1 heterocycles. The predicted molar refractivity (Wildman–Crippen MR) is 43.2 cm³/mol. The second-order valence-corrected chi connectivity index (χ2v) is 3.73. The average Bonchev–Trinajstić information content (AvgIpc) is 1.82. The van der Waals surface area contributed by atoms with Crippen molar-refractivity contribution in [3.8, 4) is 0 Å². The molecule has 2 heteroatoms. The third kappa shape index (κ3) is 0.815. The topological polar surface area (TPSA) is 20.3 Å². The molecular formula is C9H15NO. The maximum absolute atomic E-state index is 11.3. The van der Waals surface area contributed by atoms with Crippen LogP contribution in [0, 0.1) is 0 Å². The summed E-state index contributed by atoms with van der Waals surface area (Å²) in [6, 6.07) is 0. The molecule has 2 nitrogen and oxygen atoms in total. The minimum absolute atomic E-state index is 0.357. The fourth-order valence-electron chi connectivity index (χ4n) is 2.22. The number of hydrogen-bond acceptors (Lipinski definition) is 1. The summed E-state index contributed by atoms with van der Waals surface area (Å²) in [7, 11) is 0. The molecule has 1 aliphatic carbocycles. The Morgan fingerprint density at radius 2 is 2.18 bits per heavy atom. The first-order chi connectivity index (χ1) is 5.28. The molecule has 0 radical (unpaired) electrons. The summed E-state index contributed by atoms with van der Waals surface area (Å²) in [5, 5.41) is 0. The minimum Gasteiger partial charge on any atom is -0.337 e. The van der Waals surface area contributed by atoms with E-state index in [0.29, 0.717) is 17.9 Å². The van der Waals surface area contributed by atoms with E-state index in [2.05, 4.69) is 4.90 Å². The highest BCUT2D eigenvalue weighted by molar-refractivity contribution is 5.77. The first-order valence-electron chi connectivity index (χ1n) is 4.59. The SMILES string of the molecule is CCC(=O)N1CCC12CCC2. The van der Waals surface area contributed by atoms with E-state index in [1.54, 1.807) is 0 Å². The van der Waals surface area contributed by atoms with Gasteiger partial charge in [-0.15, -0.1) is 0 Å². The first-order valence-corrected chi connectivity index (χ1v) is 4.59. The highest BCUT2D eigenvalue weighted by atomic mass is 16.2. The van der Waals surface area contributed by atoms with Gasteiger partial charge in [-0.25, -0.2) is 0 Å². The van der Waals surface area contributed by atoms with Gasteiger partial charge in [-0.3, -0.25) is 4.79 Å². The van der Waals surface area contributed by atoms with Crippen molar-refractivity contribution in [3.05, 3.63) is 0 Å². The zero-order valence-corrected chi connectivity index (χ0v) is 7.10. The summed E-state index contributed by atoms with van der Waals surface area (Å²) in [6.07, 6.45) is 5.80. The highest BCUT2D eigenvalue weighted by Gasteiger charge is 2.50. The fraction of sp³-hybridized carbons (Fsp3) is 0.889. The summed E-state index contributed by atoms with van der Waals surface area (Å²) in [4.78, 5) is 13.4. The summed E-state index contributed by atoms with van der Waals surface area (Å²) in [5.41, 5.74) is 0.368. The number of rotatable bonds is 1. The molecule has 62 valence electrons. The van der Waals surface area contributed by atoms with Gasteiger partial charge < -0.3 is 4.90 Å². The van der Waals surface area contributed by atoms with Crippen LogP contribution in [-0.4, -0.2) is 22.9 Å². The fourth-order valence-corrected chi connectivity index (χ4v) is 2.22. The van der Waals surface area contributed by atoms with E-state index in [0.717, 1.165) is 6.54 Å². The summed E-state index contributed by atoms with van der Waals surface area (Å²) in [6.45, 7) is 2.97. The van der Waals surface area contributed by atoms with Gasteiger partial charge >= 0.3 is 0 Å². The van der Waals surface area contributed by atoms with Crippen LogP contribution in [-0.2, 0) is 4.79 Å². The van der Waals surface area contributed by atoms with Crippen molar-refractivity contribution >= 4 is 5.91 Å². The van der Waals surface area contributed by atoms with Gasteiger partial charge in [0.1, 0.15) is 0 Å². The molecule has 11 heavy (non-hydrogen) atoms. The zero-order valence-electron chi connectivity index (χ0n) is 7.10. The molecule has 2 rings (SSSR count). The van der Waals surface area contributed by atoms with E-state index in [-0.39, 0.29) is 0 Å². The van der Waals surface area contributed by atoms with Gasteiger partial charge in [0.25, 0.3) is 0 Å². The average molecular weight is 153 g/mol. The molecule has 1 saturated carbocycles. The van der Waals surface area contributed by atoms with E-state index in [1.165, 1.54) is 25.7 Å². The molecule has 0 atom stereocenters. The number of carbonyl (C=O) groups is 1. The molecule has 1 spiro atoms. The van der Waals surface area contributed by atoms with E-state index in [1.807, 2.05) is 6.92 Å². The first kappa shape index (κ1) is 7.14. The molecule has 1 saturated heterocycles. The molecule has 0 unspecified atom stereocenters. The van der Waals surface area contributed by atoms with Crippen molar-refractivity contribution in [1.29, 1.82) is 0 Å². The largest absolute Gasteiger partial charge is 0.337 e. The van der Waals surface area contributed by atoms with Gasteiger partial charge in [-0.1, -0.05) is 6.92 Å². The molecule has 2 fully saturated rings. The van der Waals surface area contributed by atoms with E-state index in [9.17, 15) is 4.79 Å². The smallest absolute Gasteiger partial charge is 0.222 e. The lowest BCUT2D eigenvalue weighted by Crippen LogP contribution is -2.65. The van der Waals surface area contributed by atoms with Crippen LogP contribution in [0.3, 0.4) is 0 Å². The molecule has 0 N–H and O–H groups in total. The maximum atomic E-state index is 11.3. The molecule has 0 aromatic rings. The predicted octanol–water partition coefficient (Wildman–Crippen LogP) is 1.55. The van der Waals surface area contributed by atoms with Crippen LogP contribution in [0.5, 0.6) is 0 Å². The van der Waals surface area contributed by atoms with Crippen molar-refractivity contribution in [2.75, 3.05) is 6.54 Å². The Balaban J connectivity index is 2.00. The van der Waals surface area contributed by atoms with Crippen LogP contribution in [0.25, 0.3) is 0 Å². The van der Waals surface area contributed by atoms with E-state index in [4.69, 9.17) is 0 Å². The Kier molecular flexibility index (Phi) is 1.44. The monoisotopic (exact) mass is 153 g/mol. The normalized spacial score (nSPS) is 26.1. The lowest BCUT2D eigenvalue weighted by Gasteiger charge is -2.58. The van der Waals surface area contributed by atoms with Crippen LogP contribution < -0.4 is 0 Å². The summed E-state index contributed by atoms with van der Waals surface area (Å²) >= 11 is 0. The summed E-state index contributed by atoms with van der Waals surface area (Å²) < 4.78 is 0. The molecule has 0 bridgehead atoms. The second kappa shape index (κ2) is 2.23. The van der Waals surface area contributed by atoms with Crippen molar-refractivity contribution in [2.45, 2.75) is 44.6 Å². The van der Waals surface area contributed by atoms with Gasteiger partial charge in [-0.2, -0.15) is 0 Å². The molecule has 2 aliphatic rings. The van der Waals surface area contributed by atoms with Crippen LogP contribution in [0.2, 0.25) is 0 Å². The number of hydrogen-bond donors (Lipinski definition) is 0. The summed E-state index contributed by atoms with van der Waals surface area (Å²) in [5.74, 6) is 0.357. The Morgan fingerprint density at radius 3 is 2.45 bits per heavy atom. The number of nitrogens with zero attached hydrogens (tertiary/aromatic N) is 1. The van der Waals surface area contributed by atoms with Crippen LogP contribution >= 0.6 is 0 Å². The quantitative estimate of drug-likeness (QED) is 0.559. The van der Waals surface area contributed by atoms with Gasteiger partial charge in [0.15, 0.2) is 0 Å². The minimum atomic E-state index is 0.357. The van der Waals surface area contributed by atoms with Gasteiger partial charge in [0.05, 0.1) is 0 Å². The molecular weight excluding hydrogens is 138 g/mol. The second-order valence-electron chi connectivity index (χ2n) is 3.73. The van der Waals surface area contributed by atoms with E-state index >= 15 is 0 Å². The van der Waals surface area contributed by atoms with Crippen LogP contribution in [0.15, 0.2) is 0 Å². The zero-order chi connectivity index (χ0) is 7.90. The molecule has 1 aliphatic heterocycles. The van der Waals surface area contributed by atoms with Gasteiger partial charge in [0.2, 0.25) is 5.91 Å². The lowest BCUT2D eigenvalue weighted by atomic mass is 9.68. The highest BCUT2D eigenvalue weighted by Crippen LogP contribution is 2.47. The standard InChI is InChI=1S/C9H15NO/c1-2-8(11)10-7-6-9(10)4-3-5-9/h2-7H2,1H3. The Morgan fingerprint density at radius 1 is 1.45 bits per heavy atom. The Bertz CT molecular complexity index is 178. The van der Waals surface area contributed by atoms with E-state index < -0.39 is 0 Å². The third-order valence-electron chi connectivity index (χ3n) is 3.26. The Labute approximate surface area is 67.6 Å². The lowest BCUT2D eigenvalue weighted by molar-refractivity contribution is -0.155. The molecule has 0 aromatic carbocycles.